The highest BCUT2D eigenvalue weighted by atomic mass is 16.5. The summed E-state index contributed by atoms with van der Waals surface area (Å²) in [7, 11) is 0. The second kappa shape index (κ2) is 6.62. The average Bonchev–Trinajstić information content (AvgIpc) is 2.44. The Hall–Kier alpha value is -1.92. The number of amides is 1. The van der Waals surface area contributed by atoms with Gasteiger partial charge in [-0.2, -0.15) is 0 Å². The summed E-state index contributed by atoms with van der Waals surface area (Å²) in [4.78, 5) is 15.3. The van der Waals surface area contributed by atoms with Crippen molar-refractivity contribution in [3.8, 4) is 0 Å². The van der Waals surface area contributed by atoms with E-state index < -0.39 is 5.91 Å². The van der Waals surface area contributed by atoms with Crippen LogP contribution in [0.4, 0.5) is 0 Å². The van der Waals surface area contributed by atoms with Crippen LogP contribution < -0.4 is 5.32 Å². The van der Waals surface area contributed by atoms with Gasteiger partial charge in [0.2, 0.25) is 0 Å². The number of ether oxygens (including phenoxy) is 1. The monoisotopic (exact) mass is 240 g/mol. The molecule has 0 atom stereocenters. The lowest BCUT2D eigenvalue weighted by Crippen LogP contribution is -2.38. The van der Waals surface area contributed by atoms with Gasteiger partial charge in [-0.15, -0.1) is 0 Å². The van der Waals surface area contributed by atoms with Crippen LogP contribution in [-0.2, 0) is 9.53 Å². The predicted molar refractivity (Wildman–Crippen MR) is 62.9 cm³/mol. The largest absolute Gasteiger partial charge is 0.465 e. The molecule has 1 aliphatic rings. The Morgan fingerprint density at radius 2 is 2.35 bits per heavy atom. The molecule has 17 heavy (non-hydrogen) atoms. The summed E-state index contributed by atoms with van der Waals surface area (Å²) in [6.07, 6.45) is 3.00. The molecule has 3 N–H and O–H groups in total. The van der Waals surface area contributed by atoms with Crippen molar-refractivity contribution in [2.75, 3.05) is 13.2 Å². The van der Waals surface area contributed by atoms with Crippen LogP contribution in [0, 0.1) is 5.41 Å². The number of amidine groups is 1. The fourth-order valence-corrected chi connectivity index (χ4v) is 1.27. The predicted octanol–water partition coefficient (Wildman–Crippen LogP) is 0.529. The van der Waals surface area contributed by atoms with Crippen molar-refractivity contribution >= 4 is 23.4 Å². The fourth-order valence-electron chi connectivity index (χ4n) is 1.27. The van der Waals surface area contributed by atoms with Gasteiger partial charge in [-0.25, -0.2) is 4.99 Å². The smallest absolute Gasteiger partial charge is 0.292 e. The van der Waals surface area contributed by atoms with E-state index in [4.69, 9.17) is 15.4 Å². The van der Waals surface area contributed by atoms with Crippen LogP contribution in [0.15, 0.2) is 10.1 Å². The molecule has 94 valence electrons. The SMILES string of the molecule is CCCCCOC1=NCC(=N)C(=NO)C(=O)N1. The maximum absolute atomic E-state index is 11.5. The second-order valence-corrected chi connectivity index (χ2v) is 3.56. The number of oxime groups is 1. The lowest BCUT2D eigenvalue weighted by molar-refractivity contribution is -0.113. The molecule has 1 heterocycles. The molecule has 0 aromatic rings. The minimum Gasteiger partial charge on any atom is -0.465 e. The highest BCUT2D eigenvalue weighted by Gasteiger charge is 2.23. The van der Waals surface area contributed by atoms with Crippen molar-refractivity contribution in [2.24, 2.45) is 10.1 Å². The van der Waals surface area contributed by atoms with Crippen LogP contribution in [0.5, 0.6) is 0 Å². The number of hydrogen-bond acceptors (Lipinski definition) is 6. The molecule has 0 aliphatic carbocycles. The van der Waals surface area contributed by atoms with Gasteiger partial charge in [0.15, 0.2) is 5.71 Å². The summed E-state index contributed by atoms with van der Waals surface area (Å²) in [5.74, 6) is -0.677. The molecule has 0 aromatic heterocycles. The summed E-state index contributed by atoms with van der Waals surface area (Å²) in [5.41, 5.74) is -0.474. The second-order valence-electron chi connectivity index (χ2n) is 3.56. The fraction of sp³-hybridized carbons (Fsp3) is 0.600. The summed E-state index contributed by atoms with van der Waals surface area (Å²) >= 11 is 0. The lowest BCUT2D eigenvalue weighted by atomic mass is 10.2. The molecule has 0 spiro atoms. The van der Waals surface area contributed by atoms with Crippen LogP contribution in [0.25, 0.3) is 0 Å². The molecule has 0 saturated carbocycles. The first kappa shape index (κ1) is 13.1. The highest BCUT2D eigenvalue weighted by molar-refractivity contribution is 6.67. The van der Waals surface area contributed by atoms with Crippen LogP contribution in [0.3, 0.4) is 0 Å². The molecule has 7 heteroatoms. The van der Waals surface area contributed by atoms with E-state index in [2.05, 4.69) is 22.4 Å². The molecular weight excluding hydrogens is 224 g/mol. The highest BCUT2D eigenvalue weighted by Crippen LogP contribution is 1.97. The van der Waals surface area contributed by atoms with E-state index in [1.54, 1.807) is 0 Å². The molecule has 0 radical (unpaired) electrons. The van der Waals surface area contributed by atoms with Gasteiger partial charge in [-0.1, -0.05) is 24.9 Å². The molecule has 0 unspecified atom stereocenters. The number of carbonyl (C=O) groups excluding carboxylic acids is 1. The van der Waals surface area contributed by atoms with Crippen LogP contribution in [0.2, 0.25) is 0 Å². The Bertz CT molecular complexity index is 363. The Kier molecular flexibility index (Phi) is 5.12. The molecule has 0 saturated heterocycles. The first-order valence-corrected chi connectivity index (χ1v) is 5.47. The van der Waals surface area contributed by atoms with E-state index in [0.29, 0.717) is 6.61 Å². The van der Waals surface area contributed by atoms with Gasteiger partial charge in [0.1, 0.15) is 0 Å². The topological polar surface area (TPSA) is 107 Å². The zero-order valence-corrected chi connectivity index (χ0v) is 9.69. The number of aliphatic imine (C=N–C) groups is 1. The van der Waals surface area contributed by atoms with Crippen molar-refractivity contribution in [1.29, 1.82) is 5.41 Å². The van der Waals surface area contributed by atoms with Gasteiger partial charge >= 0.3 is 0 Å². The minimum absolute atomic E-state index is 0.0404. The van der Waals surface area contributed by atoms with Crippen molar-refractivity contribution in [1.82, 2.24) is 5.32 Å². The normalized spacial score (nSPS) is 18.6. The molecule has 0 bridgehead atoms. The molecule has 1 aliphatic heterocycles. The summed E-state index contributed by atoms with van der Waals surface area (Å²) in [6, 6.07) is 0.0782. The Morgan fingerprint density at radius 1 is 1.59 bits per heavy atom. The van der Waals surface area contributed by atoms with E-state index in [1.165, 1.54) is 0 Å². The minimum atomic E-state index is -0.677. The number of nitrogens with zero attached hydrogens (tertiary/aromatic N) is 2. The van der Waals surface area contributed by atoms with Gasteiger partial charge in [-0.3, -0.25) is 10.1 Å². The molecule has 7 nitrogen and oxygen atoms in total. The third kappa shape index (κ3) is 3.86. The zero-order valence-electron chi connectivity index (χ0n) is 9.69. The number of carbonyl (C=O) groups is 1. The third-order valence-corrected chi connectivity index (χ3v) is 2.19. The van der Waals surface area contributed by atoms with Gasteiger partial charge < -0.3 is 15.4 Å². The molecule has 0 aromatic carbocycles. The van der Waals surface area contributed by atoms with Crippen LogP contribution in [0.1, 0.15) is 26.2 Å². The first-order chi connectivity index (χ1) is 8.19. The number of hydrogen-bond donors (Lipinski definition) is 3. The van der Waals surface area contributed by atoms with E-state index in [9.17, 15) is 4.79 Å². The van der Waals surface area contributed by atoms with Gasteiger partial charge in [0.25, 0.3) is 11.9 Å². The quantitative estimate of drug-likeness (QED) is 0.379. The Labute approximate surface area is 99.1 Å². The maximum atomic E-state index is 11.5. The summed E-state index contributed by atoms with van der Waals surface area (Å²) in [6.45, 7) is 2.50. The van der Waals surface area contributed by atoms with Gasteiger partial charge in [-0.05, 0) is 6.42 Å². The van der Waals surface area contributed by atoms with E-state index >= 15 is 0 Å². The van der Waals surface area contributed by atoms with Crippen molar-refractivity contribution in [3.63, 3.8) is 0 Å². The maximum Gasteiger partial charge on any atom is 0.292 e. The number of unbranched alkanes of at least 4 members (excludes halogenated alkanes) is 2. The van der Waals surface area contributed by atoms with Crippen molar-refractivity contribution < 1.29 is 14.7 Å². The third-order valence-electron chi connectivity index (χ3n) is 2.19. The van der Waals surface area contributed by atoms with Crippen LogP contribution in [-0.4, -0.2) is 41.7 Å². The van der Waals surface area contributed by atoms with E-state index in [1.807, 2.05) is 0 Å². The van der Waals surface area contributed by atoms with E-state index in [-0.39, 0.29) is 24.0 Å². The molecule has 1 rings (SSSR count). The molecule has 1 amide bonds. The van der Waals surface area contributed by atoms with Crippen molar-refractivity contribution in [2.45, 2.75) is 26.2 Å². The summed E-state index contributed by atoms with van der Waals surface area (Å²) < 4.78 is 5.26. The van der Waals surface area contributed by atoms with Gasteiger partial charge in [0.05, 0.1) is 18.9 Å². The Morgan fingerprint density at radius 3 is 3.00 bits per heavy atom. The van der Waals surface area contributed by atoms with Gasteiger partial charge in [0, 0.05) is 0 Å². The zero-order chi connectivity index (χ0) is 12.7. The number of nitrogens with one attached hydrogen (secondary N) is 2. The summed E-state index contributed by atoms with van der Waals surface area (Å²) in [5, 5.41) is 21.1. The number of rotatable bonds is 4. The Balaban J connectivity index is 2.53. The standard InChI is InChI=1S/C10H16N4O3/c1-2-3-4-5-17-10-12-6-7(11)8(14-16)9(15)13-10/h11,16H,2-6H2,1H3,(H,12,13,15). The molecular formula is C10H16N4O3. The van der Waals surface area contributed by atoms with E-state index in [0.717, 1.165) is 19.3 Å². The lowest BCUT2D eigenvalue weighted by Gasteiger charge is -2.07. The van der Waals surface area contributed by atoms with Crippen molar-refractivity contribution in [3.05, 3.63) is 0 Å². The average molecular weight is 240 g/mol. The molecule has 0 fully saturated rings. The van der Waals surface area contributed by atoms with Crippen LogP contribution >= 0.6 is 0 Å². The first-order valence-electron chi connectivity index (χ1n) is 5.47.